The SMILES string of the molecule is CCS(=O)(=O)O.Nc1nc(N2CCC3(CC2)Cc2ccccc2[C@H]3N)c(F)nc1Sc1ccnc(N)c1Cl. The third-order valence-corrected chi connectivity index (χ3v) is 9.23. The largest absolute Gasteiger partial charge is 0.382 e. The van der Waals surface area contributed by atoms with Gasteiger partial charge in [0.1, 0.15) is 10.8 Å². The average Bonchev–Trinajstić information content (AvgIpc) is 3.15. The Bertz CT molecular complexity index is 1440. The molecule has 5 rings (SSSR count). The minimum Gasteiger partial charge on any atom is -0.382 e. The monoisotopic (exact) mass is 581 g/mol. The average molecular weight is 582 g/mol. The molecule has 0 bridgehead atoms. The van der Waals surface area contributed by atoms with E-state index in [-0.39, 0.29) is 44.7 Å². The van der Waals surface area contributed by atoms with E-state index >= 15 is 0 Å². The van der Waals surface area contributed by atoms with Crippen LogP contribution in [0.3, 0.4) is 0 Å². The molecule has 2 aliphatic rings. The van der Waals surface area contributed by atoms with E-state index in [0.717, 1.165) is 31.0 Å². The number of halogens is 2. The van der Waals surface area contributed by atoms with Crippen LogP contribution in [0.25, 0.3) is 0 Å². The third kappa shape index (κ3) is 5.96. The molecule has 1 fully saturated rings. The van der Waals surface area contributed by atoms with Crippen molar-refractivity contribution in [1.82, 2.24) is 15.0 Å². The molecule has 1 saturated heterocycles. The van der Waals surface area contributed by atoms with Crippen LogP contribution in [0.2, 0.25) is 5.02 Å². The Hall–Kier alpha value is -2.71. The quantitative estimate of drug-likeness (QED) is 0.330. The Balaban J connectivity index is 0.000000505. The van der Waals surface area contributed by atoms with Crippen molar-refractivity contribution < 1.29 is 17.4 Å². The van der Waals surface area contributed by atoms with Crippen LogP contribution in [0.1, 0.15) is 36.9 Å². The summed E-state index contributed by atoms with van der Waals surface area (Å²) >= 11 is 7.29. The summed E-state index contributed by atoms with van der Waals surface area (Å²) < 4.78 is 41.9. The molecular weight excluding hydrogens is 553 g/mol. The Morgan fingerprint density at radius 3 is 2.47 bits per heavy atom. The van der Waals surface area contributed by atoms with Crippen LogP contribution in [0.4, 0.5) is 21.8 Å². The molecule has 0 amide bonds. The Morgan fingerprint density at radius 1 is 1.18 bits per heavy atom. The van der Waals surface area contributed by atoms with Gasteiger partial charge in [0.15, 0.2) is 11.6 Å². The fourth-order valence-electron chi connectivity index (χ4n) is 4.77. The Morgan fingerprint density at radius 2 is 1.84 bits per heavy atom. The maximum atomic E-state index is 15.0. The predicted octanol–water partition coefficient (Wildman–Crippen LogP) is 3.72. The number of hydrogen-bond donors (Lipinski definition) is 4. The first-order valence-corrected chi connectivity index (χ1v) is 14.7. The molecule has 3 heterocycles. The highest BCUT2D eigenvalue weighted by atomic mass is 35.5. The molecule has 1 aromatic carbocycles. The molecule has 0 saturated carbocycles. The zero-order valence-electron chi connectivity index (χ0n) is 20.6. The number of fused-ring (bicyclic) bond motifs is 1. The van der Waals surface area contributed by atoms with Gasteiger partial charge in [-0.15, -0.1) is 0 Å². The molecule has 1 spiro atoms. The Labute approximate surface area is 229 Å². The zero-order chi connectivity index (χ0) is 27.7. The van der Waals surface area contributed by atoms with Crippen LogP contribution < -0.4 is 22.1 Å². The number of pyridine rings is 1. The second-order valence-electron chi connectivity index (χ2n) is 9.21. The summed E-state index contributed by atoms with van der Waals surface area (Å²) in [7, 11) is -3.66. The van der Waals surface area contributed by atoms with E-state index in [2.05, 4.69) is 33.2 Å². The van der Waals surface area contributed by atoms with E-state index in [0.29, 0.717) is 18.0 Å². The lowest BCUT2D eigenvalue weighted by atomic mass is 9.73. The van der Waals surface area contributed by atoms with Gasteiger partial charge in [-0.3, -0.25) is 4.55 Å². The van der Waals surface area contributed by atoms with E-state index in [4.69, 9.17) is 33.4 Å². The first-order valence-electron chi connectivity index (χ1n) is 11.9. The molecule has 0 unspecified atom stereocenters. The van der Waals surface area contributed by atoms with Gasteiger partial charge in [-0.05, 0) is 48.8 Å². The molecule has 1 aliphatic carbocycles. The second kappa shape index (κ2) is 11.2. The zero-order valence-corrected chi connectivity index (χ0v) is 23.0. The number of benzene rings is 1. The summed E-state index contributed by atoms with van der Waals surface area (Å²) in [5.74, 6) is -0.355. The van der Waals surface area contributed by atoms with E-state index in [1.807, 2.05) is 11.0 Å². The van der Waals surface area contributed by atoms with Crippen LogP contribution in [-0.4, -0.2) is 46.8 Å². The van der Waals surface area contributed by atoms with Crippen molar-refractivity contribution in [2.24, 2.45) is 11.1 Å². The summed E-state index contributed by atoms with van der Waals surface area (Å²) in [6.07, 6.45) is 4.19. The number of nitrogens with zero attached hydrogens (tertiary/aromatic N) is 4. The summed E-state index contributed by atoms with van der Waals surface area (Å²) in [5.41, 5.74) is 21.1. The van der Waals surface area contributed by atoms with Crippen LogP contribution in [0, 0.1) is 11.4 Å². The number of anilines is 3. The van der Waals surface area contributed by atoms with Gasteiger partial charge in [0.2, 0.25) is 0 Å². The molecule has 1 atom stereocenters. The molecule has 10 nitrogen and oxygen atoms in total. The minimum absolute atomic E-state index is 0.00169. The maximum Gasteiger partial charge on any atom is 0.264 e. The summed E-state index contributed by atoms with van der Waals surface area (Å²) in [6, 6.07) is 10.0. The summed E-state index contributed by atoms with van der Waals surface area (Å²) in [6.45, 7) is 2.66. The molecule has 2 aromatic heterocycles. The second-order valence-corrected chi connectivity index (χ2v) is 12.4. The first kappa shape index (κ1) is 28.3. The van der Waals surface area contributed by atoms with Gasteiger partial charge in [0, 0.05) is 30.2 Å². The van der Waals surface area contributed by atoms with Gasteiger partial charge in [0.05, 0.1) is 10.8 Å². The standard InChI is InChI=1S/C22H23ClFN7S.C2H6O3S/c23-15-14(5-8-28-18(15)26)32-21-19(27)30-20(17(24)29-21)31-9-6-22(7-10-31)11-12-3-1-2-4-13(12)16(22)25;1-2-6(3,4)5/h1-5,8,16H,6-7,9-11,25H2,(H2,26,28)(H2,27,30);2H2,1H3,(H,3,4,5)/t16-;/m1./s1. The fourth-order valence-corrected chi connectivity index (χ4v) is 5.81. The van der Waals surface area contributed by atoms with Crippen LogP contribution >= 0.6 is 23.4 Å². The van der Waals surface area contributed by atoms with Gasteiger partial charge in [0.25, 0.3) is 16.1 Å². The molecule has 7 N–H and O–H groups in total. The number of nitrogens with two attached hydrogens (primary N) is 3. The smallest absolute Gasteiger partial charge is 0.264 e. The molecular formula is C24H29ClFN7O3S2. The number of hydrogen-bond acceptors (Lipinski definition) is 10. The minimum atomic E-state index is -3.66. The number of nitrogen functional groups attached to an aromatic ring is 2. The van der Waals surface area contributed by atoms with Crippen molar-refractivity contribution in [3.63, 3.8) is 0 Å². The lowest BCUT2D eigenvalue weighted by molar-refractivity contribution is 0.186. The lowest BCUT2D eigenvalue weighted by Crippen LogP contribution is -2.45. The summed E-state index contributed by atoms with van der Waals surface area (Å²) in [4.78, 5) is 14.8. The topological polar surface area (TPSA) is 174 Å². The number of rotatable bonds is 4. The Kier molecular flexibility index (Phi) is 8.33. The highest BCUT2D eigenvalue weighted by Crippen LogP contribution is 2.51. The van der Waals surface area contributed by atoms with Crippen molar-refractivity contribution in [3.8, 4) is 0 Å². The number of aromatic nitrogens is 3. The fraction of sp³-hybridized carbons (Fsp3) is 0.375. The van der Waals surface area contributed by atoms with E-state index in [1.165, 1.54) is 24.2 Å². The van der Waals surface area contributed by atoms with Gasteiger partial charge in [-0.1, -0.05) is 47.6 Å². The molecule has 204 valence electrons. The molecule has 1 aliphatic heterocycles. The van der Waals surface area contributed by atoms with Crippen molar-refractivity contribution in [2.45, 2.75) is 42.1 Å². The van der Waals surface area contributed by atoms with Crippen LogP contribution in [0.5, 0.6) is 0 Å². The van der Waals surface area contributed by atoms with E-state index in [9.17, 15) is 12.8 Å². The highest BCUT2D eigenvalue weighted by Gasteiger charge is 2.46. The third-order valence-electron chi connectivity index (χ3n) is 6.93. The molecule has 38 heavy (non-hydrogen) atoms. The van der Waals surface area contributed by atoms with Crippen molar-refractivity contribution in [3.05, 3.63) is 58.6 Å². The summed E-state index contributed by atoms with van der Waals surface area (Å²) in [5, 5.41) is 0.513. The van der Waals surface area contributed by atoms with Crippen LogP contribution in [0.15, 0.2) is 46.5 Å². The van der Waals surface area contributed by atoms with E-state index in [1.54, 1.807) is 6.07 Å². The van der Waals surface area contributed by atoms with Gasteiger partial charge in [-0.2, -0.15) is 12.8 Å². The van der Waals surface area contributed by atoms with Crippen molar-refractivity contribution >= 4 is 50.9 Å². The van der Waals surface area contributed by atoms with Gasteiger partial charge >= 0.3 is 0 Å². The maximum absolute atomic E-state index is 15.0. The normalized spacial score (nSPS) is 18.1. The van der Waals surface area contributed by atoms with Gasteiger partial charge in [-0.25, -0.2) is 15.0 Å². The predicted molar refractivity (Wildman–Crippen MR) is 147 cm³/mol. The van der Waals surface area contributed by atoms with Crippen LogP contribution in [-0.2, 0) is 16.5 Å². The highest BCUT2D eigenvalue weighted by molar-refractivity contribution is 7.99. The molecule has 3 aromatic rings. The van der Waals surface area contributed by atoms with Crippen molar-refractivity contribution in [1.29, 1.82) is 0 Å². The first-order chi connectivity index (χ1) is 17.9. The molecule has 14 heteroatoms. The number of piperidine rings is 1. The molecule has 0 radical (unpaired) electrons. The van der Waals surface area contributed by atoms with E-state index < -0.39 is 16.1 Å². The van der Waals surface area contributed by atoms with Crippen molar-refractivity contribution in [2.75, 3.05) is 35.2 Å². The van der Waals surface area contributed by atoms with Gasteiger partial charge < -0.3 is 22.1 Å². The lowest BCUT2D eigenvalue weighted by Gasteiger charge is -2.42.